The molecule has 186 valence electrons. The molecule has 0 aliphatic carbocycles. The number of nitrogens with two attached hydrogens (primary N) is 1. The van der Waals surface area contributed by atoms with E-state index in [1.807, 2.05) is 38.1 Å². The Morgan fingerprint density at radius 3 is 2.44 bits per heavy atom. The van der Waals surface area contributed by atoms with Crippen LogP contribution in [0.4, 0.5) is 14.6 Å². The molecule has 0 aliphatic heterocycles. The van der Waals surface area contributed by atoms with Crippen molar-refractivity contribution < 1.29 is 13.5 Å². The third-order valence-corrected chi connectivity index (χ3v) is 5.13. The smallest absolute Gasteiger partial charge is 0.388 e. The SMILES string of the molecule is CC.N=C(/C=C\C(=N)c1ccc2nc(-c3cccnc3N)n(-c3ccc(CCl)cc3)c2n1)OC(F)F. The summed E-state index contributed by atoms with van der Waals surface area (Å²) in [6.45, 7) is 0.888. The van der Waals surface area contributed by atoms with E-state index in [0.29, 0.717) is 34.2 Å². The minimum atomic E-state index is -3.11. The fourth-order valence-electron chi connectivity index (χ4n) is 3.25. The number of ether oxygens (including phenoxy) is 1. The first-order valence-electron chi connectivity index (χ1n) is 10.9. The van der Waals surface area contributed by atoms with Gasteiger partial charge in [0.05, 0.1) is 17.0 Å². The number of anilines is 1. The van der Waals surface area contributed by atoms with Crippen LogP contribution in [-0.2, 0) is 10.6 Å². The Morgan fingerprint density at radius 1 is 1.08 bits per heavy atom. The lowest BCUT2D eigenvalue weighted by atomic mass is 10.2. The second-order valence-electron chi connectivity index (χ2n) is 7.04. The summed E-state index contributed by atoms with van der Waals surface area (Å²) < 4.78 is 30.2. The molecule has 0 aliphatic rings. The number of benzene rings is 1. The van der Waals surface area contributed by atoms with Gasteiger partial charge in [-0.05, 0) is 48.0 Å². The normalized spacial score (nSPS) is 10.9. The monoisotopic (exact) mass is 511 g/mol. The van der Waals surface area contributed by atoms with Crippen molar-refractivity contribution in [3.8, 4) is 17.1 Å². The van der Waals surface area contributed by atoms with Crippen LogP contribution in [0.15, 0.2) is 66.9 Å². The predicted molar refractivity (Wildman–Crippen MR) is 138 cm³/mol. The third kappa shape index (κ3) is 5.89. The molecule has 0 unspecified atom stereocenters. The van der Waals surface area contributed by atoms with Gasteiger partial charge in [-0.1, -0.05) is 26.0 Å². The highest BCUT2D eigenvalue weighted by molar-refractivity contribution is 6.17. The molecule has 0 saturated carbocycles. The number of alkyl halides is 3. The van der Waals surface area contributed by atoms with E-state index in [-0.39, 0.29) is 11.4 Å². The molecular formula is C25H24ClF2N7O. The van der Waals surface area contributed by atoms with Crippen LogP contribution >= 0.6 is 11.6 Å². The van der Waals surface area contributed by atoms with Crippen LogP contribution in [0.2, 0.25) is 0 Å². The molecule has 0 bridgehead atoms. The Balaban J connectivity index is 0.00000176. The van der Waals surface area contributed by atoms with Crippen molar-refractivity contribution in [1.82, 2.24) is 19.5 Å². The van der Waals surface area contributed by atoms with E-state index in [9.17, 15) is 8.78 Å². The van der Waals surface area contributed by atoms with E-state index in [2.05, 4.69) is 14.7 Å². The van der Waals surface area contributed by atoms with Crippen molar-refractivity contribution in [2.45, 2.75) is 26.3 Å². The molecule has 11 heteroatoms. The van der Waals surface area contributed by atoms with E-state index in [0.717, 1.165) is 23.4 Å². The quantitative estimate of drug-likeness (QED) is 0.160. The molecule has 4 N–H and O–H groups in total. The molecule has 3 aromatic heterocycles. The number of hydrogen-bond acceptors (Lipinski definition) is 7. The highest BCUT2D eigenvalue weighted by Crippen LogP contribution is 2.30. The first-order valence-corrected chi connectivity index (χ1v) is 11.5. The van der Waals surface area contributed by atoms with E-state index in [1.54, 1.807) is 35.0 Å². The Morgan fingerprint density at radius 2 is 1.81 bits per heavy atom. The van der Waals surface area contributed by atoms with Gasteiger partial charge in [-0.25, -0.2) is 15.0 Å². The first-order chi connectivity index (χ1) is 17.4. The van der Waals surface area contributed by atoms with Gasteiger partial charge in [0, 0.05) is 23.8 Å². The lowest BCUT2D eigenvalue weighted by molar-refractivity contribution is -0.0599. The maximum absolute atomic E-state index is 12.2. The number of nitrogens with zero attached hydrogens (tertiary/aromatic N) is 4. The fraction of sp³-hybridized carbons (Fsp3) is 0.160. The summed E-state index contributed by atoms with van der Waals surface area (Å²) in [4.78, 5) is 13.4. The summed E-state index contributed by atoms with van der Waals surface area (Å²) >= 11 is 5.93. The average Bonchev–Trinajstić information content (AvgIpc) is 3.27. The molecule has 0 atom stereocenters. The van der Waals surface area contributed by atoms with Crippen molar-refractivity contribution in [2.75, 3.05) is 5.73 Å². The van der Waals surface area contributed by atoms with Crippen molar-refractivity contribution in [2.24, 2.45) is 0 Å². The van der Waals surface area contributed by atoms with Crippen molar-refractivity contribution >= 4 is 40.2 Å². The number of halogens is 3. The number of rotatable bonds is 7. The molecule has 1 aromatic carbocycles. The number of pyridine rings is 2. The summed E-state index contributed by atoms with van der Waals surface area (Å²) in [5.74, 6) is 0.409. The van der Waals surface area contributed by atoms with Crippen molar-refractivity contribution in [1.29, 1.82) is 10.8 Å². The van der Waals surface area contributed by atoms with E-state index >= 15 is 0 Å². The summed E-state index contributed by atoms with van der Waals surface area (Å²) in [5.41, 5.74) is 9.55. The number of nitrogen functional groups attached to an aromatic ring is 1. The number of hydrogen-bond donors (Lipinski definition) is 3. The number of aromatic nitrogens is 4. The molecule has 4 aromatic rings. The summed E-state index contributed by atoms with van der Waals surface area (Å²) in [6, 6.07) is 14.3. The van der Waals surface area contributed by atoms with Crippen LogP contribution in [0.3, 0.4) is 0 Å². The number of allylic oxidation sites excluding steroid dienone is 1. The van der Waals surface area contributed by atoms with Crippen molar-refractivity contribution in [3.63, 3.8) is 0 Å². The van der Waals surface area contributed by atoms with Crippen LogP contribution in [0, 0.1) is 10.8 Å². The van der Waals surface area contributed by atoms with E-state index in [4.69, 9.17) is 33.1 Å². The Labute approximate surface area is 211 Å². The lowest BCUT2D eigenvalue weighted by Gasteiger charge is -2.11. The lowest BCUT2D eigenvalue weighted by Crippen LogP contribution is -2.07. The largest absolute Gasteiger partial charge is 0.418 e. The van der Waals surface area contributed by atoms with Gasteiger partial charge in [0.2, 0.25) is 5.90 Å². The number of imidazole rings is 1. The highest BCUT2D eigenvalue weighted by atomic mass is 35.5. The molecule has 0 fully saturated rings. The zero-order chi connectivity index (χ0) is 26.2. The van der Waals surface area contributed by atoms with Gasteiger partial charge in [-0.3, -0.25) is 15.4 Å². The Bertz CT molecular complexity index is 1400. The minimum Gasteiger partial charge on any atom is -0.418 e. The zero-order valence-electron chi connectivity index (χ0n) is 19.5. The minimum absolute atomic E-state index is 0.0998. The van der Waals surface area contributed by atoms with Crippen LogP contribution < -0.4 is 5.73 Å². The molecular weight excluding hydrogens is 488 g/mol. The van der Waals surface area contributed by atoms with Gasteiger partial charge in [0.25, 0.3) is 0 Å². The highest BCUT2D eigenvalue weighted by Gasteiger charge is 2.19. The van der Waals surface area contributed by atoms with Crippen LogP contribution in [-0.4, -0.2) is 37.7 Å². The fourth-order valence-corrected chi connectivity index (χ4v) is 3.43. The summed E-state index contributed by atoms with van der Waals surface area (Å²) in [6.07, 6.45) is 3.71. The second-order valence-corrected chi connectivity index (χ2v) is 7.30. The zero-order valence-corrected chi connectivity index (χ0v) is 20.3. The van der Waals surface area contributed by atoms with Gasteiger partial charge < -0.3 is 10.5 Å². The van der Waals surface area contributed by atoms with Crippen LogP contribution in [0.25, 0.3) is 28.2 Å². The van der Waals surface area contributed by atoms with Crippen LogP contribution in [0.1, 0.15) is 25.1 Å². The maximum atomic E-state index is 12.2. The van der Waals surface area contributed by atoms with Gasteiger partial charge >= 0.3 is 6.61 Å². The van der Waals surface area contributed by atoms with Gasteiger partial charge in [-0.15, -0.1) is 11.6 Å². The third-order valence-electron chi connectivity index (χ3n) is 4.83. The molecule has 0 radical (unpaired) electrons. The second kappa shape index (κ2) is 12.0. The molecule has 36 heavy (non-hydrogen) atoms. The summed E-state index contributed by atoms with van der Waals surface area (Å²) in [5, 5.41) is 15.6. The van der Waals surface area contributed by atoms with E-state index < -0.39 is 12.5 Å². The molecule has 0 saturated heterocycles. The van der Waals surface area contributed by atoms with Gasteiger partial charge in [0.1, 0.15) is 11.3 Å². The molecule has 4 rings (SSSR count). The number of nitrogens with one attached hydrogen (secondary N) is 2. The topological polar surface area (TPSA) is 127 Å². The Hall–Kier alpha value is -4.18. The first kappa shape index (κ1) is 26.4. The predicted octanol–water partition coefficient (Wildman–Crippen LogP) is 5.97. The maximum Gasteiger partial charge on any atom is 0.388 e. The molecule has 3 heterocycles. The summed E-state index contributed by atoms with van der Waals surface area (Å²) in [7, 11) is 0. The molecule has 0 spiro atoms. The molecule has 0 amide bonds. The average molecular weight is 512 g/mol. The van der Waals surface area contributed by atoms with E-state index in [1.165, 1.54) is 0 Å². The standard InChI is InChI=1S/C23H18ClF2N7O.C2H6/c24-12-13-3-5-14(6-4-13)33-21(15-2-1-11-30-20(15)29)32-18-9-8-17(31-22(18)33)16(27)7-10-19(28)34-23(25)26;1-2/h1-11,23,27-28H,12H2,(H2,29,30);1-2H3/b10-7-,27-16?,28-19?;. The van der Waals surface area contributed by atoms with Gasteiger partial charge in [0.15, 0.2) is 11.5 Å². The number of fused-ring (bicyclic) bond motifs is 1. The van der Waals surface area contributed by atoms with Crippen LogP contribution in [0.5, 0.6) is 0 Å². The van der Waals surface area contributed by atoms with Gasteiger partial charge in [-0.2, -0.15) is 8.78 Å². The molecule has 8 nitrogen and oxygen atoms in total. The van der Waals surface area contributed by atoms with Crippen molar-refractivity contribution in [3.05, 3.63) is 78.1 Å². The Kier molecular flexibility index (Phi) is 8.80.